The second-order valence-electron chi connectivity index (χ2n) is 5.91. The molecule has 4 unspecified atom stereocenters. The summed E-state index contributed by atoms with van der Waals surface area (Å²) in [5.74, 6) is 0.816. The van der Waals surface area contributed by atoms with Crippen LogP contribution in [-0.4, -0.2) is 42.3 Å². The zero-order valence-corrected chi connectivity index (χ0v) is 10.9. The summed E-state index contributed by atoms with van der Waals surface area (Å²) in [6.07, 6.45) is 3.88. The van der Waals surface area contributed by atoms with Gasteiger partial charge in [-0.1, -0.05) is 6.92 Å². The number of likely N-dealkylation sites (tertiary alicyclic amines) is 1. The number of nitrogens with two attached hydrogens (primary N) is 1. The smallest absolute Gasteiger partial charge is 0.0565 e. The van der Waals surface area contributed by atoms with E-state index in [0.29, 0.717) is 12.1 Å². The van der Waals surface area contributed by atoms with Crippen molar-refractivity contribution in [1.29, 1.82) is 0 Å². The fourth-order valence-electron chi connectivity index (χ4n) is 3.67. The van der Waals surface area contributed by atoms with Crippen molar-refractivity contribution in [3.8, 4) is 0 Å². The van der Waals surface area contributed by atoms with Crippen LogP contribution >= 0.6 is 0 Å². The maximum atomic E-state index is 6.09. The second kappa shape index (κ2) is 4.63. The first-order valence-corrected chi connectivity index (χ1v) is 6.66. The molecule has 0 saturated carbocycles. The molecule has 0 aromatic carbocycles. The Bertz CT molecular complexity index is 246. The Hall–Kier alpha value is -0.120. The first kappa shape index (κ1) is 12.3. The van der Waals surface area contributed by atoms with E-state index >= 15 is 0 Å². The summed E-state index contributed by atoms with van der Waals surface area (Å²) >= 11 is 0. The summed E-state index contributed by atoms with van der Waals surface area (Å²) < 4.78 is 5.67. The monoisotopic (exact) mass is 226 g/mol. The van der Waals surface area contributed by atoms with Gasteiger partial charge in [0.1, 0.15) is 0 Å². The Morgan fingerprint density at radius 1 is 1.38 bits per heavy atom. The molecule has 2 heterocycles. The Morgan fingerprint density at radius 3 is 2.62 bits per heavy atom. The third-order valence-corrected chi connectivity index (χ3v) is 4.41. The third kappa shape index (κ3) is 2.13. The Labute approximate surface area is 99.3 Å². The molecule has 2 saturated heterocycles. The van der Waals surface area contributed by atoms with Crippen molar-refractivity contribution in [2.75, 3.05) is 19.7 Å². The maximum absolute atomic E-state index is 6.09. The van der Waals surface area contributed by atoms with Gasteiger partial charge in [0, 0.05) is 31.3 Å². The summed E-state index contributed by atoms with van der Waals surface area (Å²) in [5.41, 5.74) is 6.30. The predicted molar refractivity (Wildman–Crippen MR) is 66.4 cm³/mol. The number of rotatable bonds is 2. The van der Waals surface area contributed by atoms with E-state index in [1.807, 2.05) is 0 Å². The number of ether oxygens (including phenoxy) is 1. The lowest BCUT2D eigenvalue weighted by molar-refractivity contribution is -0.0667. The van der Waals surface area contributed by atoms with Crippen LogP contribution in [-0.2, 0) is 4.74 Å². The Kier molecular flexibility index (Phi) is 3.57. The first-order chi connectivity index (χ1) is 7.57. The Balaban J connectivity index is 2.14. The standard InChI is InChI=1S/C13H26N2O/c1-10-6-11(2)15(8-10)13(9-14)4-5-16-12(3)7-13/h10-12H,4-9,14H2,1-3H3. The van der Waals surface area contributed by atoms with Crippen molar-refractivity contribution in [3.05, 3.63) is 0 Å². The quantitative estimate of drug-likeness (QED) is 0.777. The highest BCUT2D eigenvalue weighted by atomic mass is 16.5. The van der Waals surface area contributed by atoms with Crippen molar-refractivity contribution in [1.82, 2.24) is 4.90 Å². The molecule has 16 heavy (non-hydrogen) atoms. The van der Waals surface area contributed by atoms with Gasteiger partial charge in [0.25, 0.3) is 0 Å². The zero-order chi connectivity index (χ0) is 11.8. The molecule has 0 aliphatic carbocycles. The minimum absolute atomic E-state index is 0.210. The fourth-order valence-corrected chi connectivity index (χ4v) is 3.67. The summed E-state index contributed by atoms with van der Waals surface area (Å²) in [5, 5.41) is 0. The van der Waals surface area contributed by atoms with Crippen LogP contribution in [0.4, 0.5) is 0 Å². The van der Waals surface area contributed by atoms with E-state index < -0.39 is 0 Å². The van der Waals surface area contributed by atoms with Crippen molar-refractivity contribution in [2.45, 2.75) is 57.7 Å². The highest BCUT2D eigenvalue weighted by Crippen LogP contribution is 2.37. The van der Waals surface area contributed by atoms with Gasteiger partial charge >= 0.3 is 0 Å². The van der Waals surface area contributed by atoms with Crippen molar-refractivity contribution < 1.29 is 4.74 Å². The number of nitrogens with zero attached hydrogens (tertiary/aromatic N) is 1. The van der Waals surface area contributed by atoms with E-state index in [9.17, 15) is 0 Å². The van der Waals surface area contributed by atoms with E-state index in [-0.39, 0.29) is 5.54 Å². The second-order valence-corrected chi connectivity index (χ2v) is 5.91. The lowest BCUT2D eigenvalue weighted by Crippen LogP contribution is -2.59. The molecule has 2 N–H and O–H groups in total. The summed E-state index contributed by atoms with van der Waals surface area (Å²) in [6, 6.07) is 0.684. The molecule has 4 atom stereocenters. The fraction of sp³-hybridized carbons (Fsp3) is 1.00. The van der Waals surface area contributed by atoms with E-state index in [4.69, 9.17) is 10.5 Å². The summed E-state index contributed by atoms with van der Waals surface area (Å²) in [6.45, 7) is 9.73. The normalized spacial score (nSPS) is 46.1. The molecule has 3 heteroatoms. The molecular weight excluding hydrogens is 200 g/mol. The minimum Gasteiger partial charge on any atom is -0.378 e. The van der Waals surface area contributed by atoms with Gasteiger partial charge in [0.05, 0.1) is 6.10 Å². The lowest BCUT2D eigenvalue weighted by atomic mass is 9.84. The van der Waals surface area contributed by atoms with Gasteiger partial charge in [-0.25, -0.2) is 0 Å². The van der Waals surface area contributed by atoms with Crippen LogP contribution < -0.4 is 5.73 Å². The van der Waals surface area contributed by atoms with E-state index in [1.165, 1.54) is 13.0 Å². The zero-order valence-electron chi connectivity index (χ0n) is 10.9. The van der Waals surface area contributed by atoms with Crippen LogP contribution in [0.25, 0.3) is 0 Å². The van der Waals surface area contributed by atoms with E-state index in [2.05, 4.69) is 25.7 Å². The van der Waals surface area contributed by atoms with E-state index in [0.717, 1.165) is 31.9 Å². The molecule has 0 bridgehead atoms. The highest BCUT2D eigenvalue weighted by Gasteiger charge is 2.44. The Morgan fingerprint density at radius 2 is 2.12 bits per heavy atom. The minimum atomic E-state index is 0.210. The van der Waals surface area contributed by atoms with Gasteiger partial charge in [-0.05, 0) is 39.0 Å². The molecule has 2 aliphatic rings. The van der Waals surface area contributed by atoms with Crippen molar-refractivity contribution in [2.24, 2.45) is 11.7 Å². The molecular formula is C13H26N2O. The van der Waals surface area contributed by atoms with Gasteiger partial charge in [-0.2, -0.15) is 0 Å². The molecule has 2 rings (SSSR count). The summed E-state index contributed by atoms with van der Waals surface area (Å²) in [4.78, 5) is 2.66. The van der Waals surface area contributed by atoms with Crippen LogP contribution in [0, 0.1) is 5.92 Å². The van der Waals surface area contributed by atoms with Crippen LogP contribution in [0.15, 0.2) is 0 Å². The topological polar surface area (TPSA) is 38.5 Å². The van der Waals surface area contributed by atoms with Crippen molar-refractivity contribution >= 4 is 0 Å². The van der Waals surface area contributed by atoms with Gasteiger partial charge in [0.15, 0.2) is 0 Å². The van der Waals surface area contributed by atoms with Gasteiger partial charge in [-0.15, -0.1) is 0 Å². The van der Waals surface area contributed by atoms with Crippen LogP contribution in [0.2, 0.25) is 0 Å². The van der Waals surface area contributed by atoms with Gasteiger partial charge < -0.3 is 10.5 Å². The highest BCUT2D eigenvalue weighted by molar-refractivity contribution is 5.00. The van der Waals surface area contributed by atoms with E-state index in [1.54, 1.807) is 0 Å². The average molecular weight is 226 g/mol. The van der Waals surface area contributed by atoms with Crippen LogP contribution in [0.3, 0.4) is 0 Å². The molecule has 0 aromatic heterocycles. The average Bonchev–Trinajstić information content (AvgIpc) is 2.58. The number of hydrogen-bond donors (Lipinski definition) is 1. The summed E-state index contributed by atoms with van der Waals surface area (Å²) in [7, 11) is 0. The maximum Gasteiger partial charge on any atom is 0.0565 e. The number of hydrogen-bond acceptors (Lipinski definition) is 3. The SMILES string of the molecule is CC1CC(C)N(C2(CN)CCOC(C)C2)C1. The largest absolute Gasteiger partial charge is 0.378 e. The molecule has 0 amide bonds. The van der Waals surface area contributed by atoms with Crippen LogP contribution in [0.1, 0.15) is 40.0 Å². The van der Waals surface area contributed by atoms with Gasteiger partial charge in [-0.3, -0.25) is 4.90 Å². The molecule has 2 fully saturated rings. The molecule has 0 spiro atoms. The molecule has 3 nitrogen and oxygen atoms in total. The van der Waals surface area contributed by atoms with Gasteiger partial charge in [0.2, 0.25) is 0 Å². The molecule has 0 radical (unpaired) electrons. The van der Waals surface area contributed by atoms with Crippen molar-refractivity contribution in [3.63, 3.8) is 0 Å². The molecule has 94 valence electrons. The van der Waals surface area contributed by atoms with Crippen LogP contribution in [0.5, 0.6) is 0 Å². The molecule has 0 aromatic rings. The predicted octanol–water partition coefficient (Wildman–Crippen LogP) is 1.61. The third-order valence-electron chi connectivity index (χ3n) is 4.41. The first-order valence-electron chi connectivity index (χ1n) is 6.66. The molecule has 2 aliphatic heterocycles. The lowest BCUT2D eigenvalue weighted by Gasteiger charge is -2.48.